The molecular formula is C51H101O8P. The van der Waals surface area contributed by atoms with Crippen LogP contribution in [-0.2, 0) is 32.7 Å². The minimum Gasteiger partial charge on any atom is -0.462 e. The number of carbonyl (C=O) groups is 2. The molecule has 0 rings (SSSR count). The van der Waals surface area contributed by atoms with Gasteiger partial charge in [-0.1, -0.05) is 258 Å². The van der Waals surface area contributed by atoms with E-state index in [1.807, 2.05) is 0 Å². The number of esters is 2. The summed E-state index contributed by atoms with van der Waals surface area (Å²) >= 11 is 0. The molecule has 0 aromatic carbocycles. The van der Waals surface area contributed by atoms with E-state index >= 15 is 0 Å². The van der Waals surface area contributed by atoms with E-state index < -0.39 is 19.9 Å². The van der Waals surface area contributed by atoms with Gasteiger partial charge in [0.1, 0.15) is 6.61 Å². The smallest absolute Gasteiger partial charge is 0.462 e. The Kier molecular flexibility index (Phi) is 46.8. The number of rotatable bonds is 50. The predicted molar refractivity (Wildman–Crippen MR) is 254 cm³/mol. The van der Waals surface area contributed by atoms with Gasteiger partial charge in [-0.2, -0.15) is 0 Å². The van der Waals surface area contributed by atoms with Crippen LogP contribution in [0.5, 0.6) is 0 Å². The van der Waals surface area contributed by atoms with Crippen LogP contribution in [0.4, 0.5) is 0 Å². The van der Waals surface area contributed by atoms with E-state index in [1.54, 1.807) is 6.92 Å². The van der Waals surface area contributed by atoms with Crippen molar-refractivity contribution in [3.05, 3.63) is 0 Å². The van der Waals surface area contributed by atoms with E-state index in [-0.39, 0.29) is 32.2 Å². The Morgan fingerprint density at radius 2 is 0.650 bits per heavy atom. The van der Waals surface area contributed by atoms with Crippen LogP contribution in [0.1, 0.15) is 290 Å². The summed E-state index contributed by atoms with van der Waals surface area (Å²) in [6.45, 7) is 5.56. The molecule has 0 saturated heterocycles. The molecule has 2 atom stereocenters. The first-order valence-electron chi connectivity index (χ1n) is 26.3. The zero-order chi connectivity index (χ0) is 43.9. The van der Waals surface area contributed by atoms with E-state index in [4.69, 9.17) is 18.5 Å². The molecule has 358 valence electrons. The number of unbranched alkanes of at least 4 members (excludes halogenated alkanes) is 38. The highest BCUT2D eigenvalue weighted by Crippen LogP contribution is 2.43. The third-order valence-corrected chi connectivity index (χ3v) is 13.0. The summed E-state index contributed by atoms with van der Waals surface area (Å²) in [4.78, 5) is 34.9. The van der Waals surface area contributed by atoms with Crippen molar-refractivity contribution in [3.8, 4) is 0 Å². The quantitative estimate of drug-likeness (QED) is 0.0366. The first-order chi connectivity index (χ1) is 29.3. The van der Waals surface area contributed by atoms with Gasteiger partial charge in [-0.3, -0.25) is 18.6 Å². The summed E-state index contributed by atoms with van der Waals surface area (Å²) in [5.74, 6) is -0.773. The minimum absolute atomic E-state index is 0.00608. The molecule has 1 N–H and O–H groups in total. The lowest BCUT2D eigenvalue weighted by molar-refractivity contribution is -0.161. The van der Waals surface area contributed by atoms with E-state index in [9.17, 15) is 19.0 Å². The molecule has 2 unspecified atom stereocenters. The summed E-state index contributed by atoms with van der Waals surface area (Å²) in [6, 6.07) is 0. The lowest BCUT2D eigenvalue weighted by atomic mass is 10.0. The fourth-order valence-corrected chi connectivity index (χ4v) is 8.80. The molecule has 0 aliphatic heterocycles. The first kappa shape index (κ1) is 59.0. The average molecular weight is 873 g/mol. The van der Waals surface area contributed by atoms with Crippen LogP contribution in [0.2, 0.25) is 0 Å². The minimum atomic E-state index is -4.28. The molecule has 0 heterocycles. The largest absolute Gasteiger partial charge is 0.472 e. The predicted octanol–water partition coefficient (Wildman–Crippen LogP) is 17.0. The standard InChI is InChI=1S/C51H101O8P/c1-4-7-9-11-13-15-17-19-21-23-25-26-28-30-32-34-36-38-40-42-44-46-51(53)59-49(48-58-60(54,55)57-6-3)47-56-50(52)45-43-41-39-37-35-33-31-29-27-24-22-20-18-16-14-12-10-8-5-2/h49H,4-48H2,1-3H3,(H,54,55). The highest BCUT2D eigenvalue weighted by atomic mass is 31.2. The van der Waals surface area contributed by atoms with Crippen LogP contribution >= 0.6 is 7.82 Å². The van der Waals surface area contributed by atoms with Crippen molar-refractivity contribution in [2.45, 2.75) is 297 Å². The second kappa shape index (κ2) is 47.5. The molecule has 0 radical (unpaired) electrons. The monoisotopic (exact) mass is 873 g/mol. The summed E-state index contributed by atoms with van der Waals surface area (Å²) in [7, 11) is -4.28. The molecule has 8 nitrogen and oxygen atoms in total. The molecule has 60 heavy (non-hydrogen) atoms. The molecule has 0 aliphatic rings. The molecule has 0 bridgehead atoms. The van der Waals surface area contributed by atoms with Crippen molar-refractivity contribution in [3.63, 3.8) is 0 Å². The van der Waals surface area contributed by atoms with Gasteiger partial charge in [0.25, 0.3) is 0 Å². The molecule has 0 saturated carbocycles. The van der Waals surface area contributed by atoms with E-state index in [0.717, 1.165) is 38.5 Å². The van der Waals surface area contributed by atoms with Gasteiger partial charge in [-0.25, -0.2) is 4.57 Å². The molecule has 0 amide bonds. The van der Waals surface area contributed by atoms with Crippen LogP contribution < -0.4 is 0 Å². The van der Waals surface area contributed by atoms with Crippen molar-refractivity contribution in [2.24, 2.45) is 0 Å². The van der Waals surface area contributed by atoms with Crippen molar-refractivity contribution >= 4 is 19.8 Å². The molecule has 0 aromatic heterocycles. The Morgan fingerprint density at radius 1 is 0.383 bits per heavy atom. The summed E-state index contributed by atoms with van der Waals surface area (Å²) in [5, 5.41) is 0. The maximum absolute atomic E-state index is 12.6. The Hall–Kier alpha value is -0.950. The Morgan fingerprint density at radius 3 is 0.933 bits per heavy atom. The fraction of sp³-hybridized carbons (Fsp3) is 0.961. The third kappa shape index (κ3) is 46.6. The normalized spacial score (nSPS) is 13.1. The average Bonchev–Trinajstić information content (AvgIpc) is 3.23. The van der Waals surface area contributed by atoms with Gasteiger partial charge in [-0.15, -0.1) is 0 Å². The highest BCUT2D eigenvalue weighted by Gasteiger charge is 2.25. The number of hydrogen-bond donors (Lipinski definition) is 1. The maximum atomic E-state index is 12.6. The van der Waals surface area contributed by atoms with Crippen LogP contribution in [0.3, 0.4) is 0 Å². The van der Waals surface area contributed by atoms with Crippen molar-refractivity contribution < 1.29 is 37.6 Å². The molecule has 0 fully saturated rings. The third-order valence-electron chi connectivity index (χ3n) is 11.9. The van der Waals surface area contributed by atoms with Gasteiger partial charge in [0, 0.05) is 12.8 Å². The van der Waals surface area contributed by atoms with E-state index in [0.29, 0.717) is 6.42 Å². The number of phosphoric acid groups is 1. The first-order valence-corrected chi connectivity index (χ1v) is 27.8. The Bertz CT molecular complexity index is 946. The number of hydrogen-bond acceptors (Lipinski definition) is 7. The van der Waals surface area contributed by atoms with Crippen LogP contribution in [0.15, 0.2) is 0 Å². The highest BCUT2D eigenvalue weighted by molar-refractivity contribution is 7.47. The van der Waals surface area contributed by atoms with Crippen molar-refractivity contribution in [2.75, 3.05) is 19.8 Å². The summed E-state index contributed by atoms with van der Waals surface area (Å²) < 4.78 is 32.8. The van der Waals surface area contributed by atoms with Crippen LogP contribution in [0.25, 0.3) is 0 Å². The fourth-order valence-electron chi connectivity index (χ4n) is 8.05. The maximum Gasteiger partial charge on any atom is 0.472 e. The van der Waals surface area contributed by atoms with Crippen molar-refractivity contribution in [1.29, 1.82) is 0 Å². The lowest BCUT2D eigenvalue weighted by Gasteiger charge is -2.19. The van der Waals surface area contributed by atoms with Gasteiger partial charge in [0.2, 0.25) is 0 Å². The number of ether oxygens (including phenoxy) is 2. The summed E-state index contributed by atoms with van der Waals surface area (Å²) in [5.41, 5.74) is 0. The Labute approximate surface area is 372 Å². The van der Waals surface area contributed by atoms with E-state index in [2.05, 4.69) is 13.8 Å². The second-order valence-corrected chi connectivity index (χ2v) is 19.4. The van der Waals surface area contributed by atoms with Gasteiger partial charge in [-0.05, 0) is 19.8 Å². The van der Waals surface area contributed by atoms with Gasteiger partial charge < -0.3 is 14.4 Å². The molecule has 9 heteroatoms. The Balaban J connectivity index is 3.90. The van der Waals surface area contributed by atoms with Crippen molar-refractivity contribution in [1.82, 2.24) is 0 Å². The van der Waals surface area contributed by atoms with Gasteiger partial charge in [0.15, 0.2) is 6.10 Å². The van der Waals surface area contributed by atoms with Gasteiger partial charge in [0.05, 0.1) is 13.2 Å². The molecule has 0 aliphatic carbocycles. The zero-order valence-electron chi connectivity index (χ0n) is 40.1. The molecule has 0 aromatic rings. The van der Waals surface area contributed by atoms with E-state index in [1.165, 1.54) is 218 Å². The topological polar surface area (TPSA) is 108 Å². The number of carbonyl (C=O) groups excluding carboxylic acids is 2. The SMILES string of the molecule is CCCCCCCCCCCCCCCCCCCCCCCC(=O)OC(COC(=O)CCCCCCCCCCCCCCCCCCCCC)COP(=O)(O)OCC. The molecule has 0 spiro atoms. The zero-order valence-corrected chi connectivity index (χ0v) is 41.0. The van der Waals surface area contributed by atoms with Crippen LogP contribution in [0, 0.1) is 0 Å². The molecular weight excluding hydrogens is 772 g/mol. The van der Waals surface area contributed by atoms with Gasteiger partial charge >= 0.3 is 19.8 Å². The lowest BCUT2D eigenvalue weighted by Crippen LogP contribution is -2.29. The van der Waals surface area contributed by atoms with Crippen LogP contribution in [-0.4, -0.2) is 42.8 Å². The second-order valence-electron chi connectivity index (χ2n) is 17.9. The number of phosphoric ester groups is 1. The summed E-state index contributed by atoms with van der Waals surface area (Å²) in [6.07, 6.45) is 51.7.